The molecule has 2 heterocycles. The number of benzene rings is 3. The summed E-state index contributed by atoms with van der Waals surface area (Å²) in [6.07, 6.45) is 0. The average molecular weight is 426 g/mol. The molecule has 2 N–H and O–H groups in total. The van der Waals surface area contributed by atoms with Gasteiger partial charge in [0.1, 0.15) is 17.4 Å². The summed E-state index contributed by atoms with van der Waals surface area (Å²) in [4.78, 5) is 12.9. The SMILES string of the molecule is COc1cccc(-c2nc3cc(F)ccc3cc2CN[C@@H](C)c2nc3ccccc3[nH]2)c1. The van der Waals surface area contributed by atoms with Gasteiger partial charge in [0.25, 0.3) is 0 Å². The number of methoxy groups -OCH3 is 1. The van der Waals surface area contributed by atoms with Gasteiger partial charge in [0.05, 0.1) is 35.4 Å². The van der Waals surface area contributed by atoms with Gasteiger partial charge in [-0.05, 0) is 55.0 Å². The Hall–Kier alpha value is -3.77. The molecule has 5 rings (SSSR count). The van der Waals surface area contributed by atoms with Crippen LogP contribution in [0.2, 0.25) is 0 Å². The van der Waals surface area contributed by atoms with Crippen LogP contribution in [0.1, 0.15) is 24.4 Å². The number of fused-ring (bicyclic) bond motifs is 2. The minimum absolute atomic E-state index is 0.00414. The second kappa shape index (κ2) is 8.40. The minimum atomic E-state index is -0.300. The highest BCUT2D eigenvalue weighted by Gasteiger charge is 2.14. The predicted octanol–water partition coefficient (Wildman–Crippen LogP) is 5.78. The number of imidazole rings is 1. The third-order valence-corrected chi connectivity index (χ3v) is 5.62. The maximum Gasteiger partial charge on any atom is 0.125 e. The van der Waals surface area contributed by atoms with E-state index in [0.29, 0.717) is 12.1 Å². The topological polar surface area (TPSA) is 62.8 Å². The predicted molar refractivity (Wildman–Crippen MR) is 125 cm³/mol. The molecule has 0 amide bonds. The molecule has 0 saturated carbocycles. The molecule has 32 heavy (non-hydrogen) atoms. The molecule has 0 aliphatic rings. The number of hydrogen-bond donors (Lipinski definition) is 2. The molecular weight excluding hydrogens is 403 g/mol. The zero-order valence-corrected chi connectivity index (χ0v) is 17.9. The Balaban J connectivity index is 1.50. The second-order valence-electron chi connectivity index (χ2n) is 7.81. The van der Waals surface area contributed by atoms with Gasteiger partial charge in [0.2, 0.25) is 0 Å². The fourth-order valence-corrected chi connectivity index (χ4v) is 3.88. The lowest BCUT2D eigenvalue weighted by Crippen LogP contribution is -2.20. The van der Waals surface area contributed by atoms with E-state index in [2.05, 4.69) is 23.3 Å². The summed E-state index contributed by atoms with van der Waals surface area (Å²) < 4.78 is 19.2. The normalized spacial score (nSPS) is 12.3. The van der Waals surface area contributed by atoms with Crippen LogP contribution in [0.25, 0.3) is 33.2 Å². The van der Waals surface area contributed by atoms with Gasteiger partial charge in [-0.1, -0.05) is 24.3 Å². The van der Waals surface area contributed by atoms with E-state index in [-0.39, 0.29) is 11.9 Å². The molecule has 0 radical (unpaired) electrons. The van der Waals surface area contributed by atoms with Crippen molar-refractivity contribution in [2.45, 2.75) is 19.5 Å². The van der Waals surface area contributed by atoms with Gasteiger partial charge in [0, 0.05) is 23.6 Å². The first kappa shape index (κ1) is 20.2. The Kier molecular flexibility index (Phi) is 5.29. The van der Waals surface area contributed by atoms with Crippen molar-refractivity contribution in [3.05, 3.63) is 90.0 Å². The van der Waals surface area contributed by atoms with Crippen LogP contribution in [0.3, 0.4) is 0 Å². The van der Waals surface area contributed by atoms with Gasteiger partial charge in [-0.15, -0.1) is 0 Å². The number of aromatic nitrogens is 3. The first-order valence-corrected chi connectivity index (χ1v) is 10.5. The quantitative estimate of drug-likeness (QED) is 0.361. The van der Waals surface area contributed by atoms with Crippen LogP contribution in [-0.4, -0.2) is 22.1 Å². The molecular formula is C26H23FN4O. The Morgan fingerprint density at radius 1 is 0.969 bits per heavy atom. The Morgan fingerprint density at radius 3 is 2.69 bits per heavy atom. The van der Waals surface area contributed by atoms with Crippen LogP contribution in [0.15, 0.2) is 72.8 Å². The molecule has 0 spiro atoms. The number of rotatable bonds is 6. The maximum absolute atomic E-state index is 13.8. The molecule has 160 valence electrons. The third-order valence-electron chi connectivity index (χ3n) is 5.62. The summed E-state index contributed by atoms with van der Waals surface area (Å²) in [6.45, 7) is 2.65. The van der Waals surface area contributed by atoms with Crippen molar-refractivity contribution in [2.75, 3.05) is 7.11 Å². The lowest BCUT2D eigenvalue weighted by atomic mass is 10.0. The third kappa shape index (κ3) is 3.92. The highest BCUT2D eigenvalue weighted by atomic mass is 19.1. The molecule has 5 aromatic rings. The van der Waals surface area contributed by atoms with E-state index in [4.69, 9.17) is 14.7 Å². The number of ether oxygens (including phenoxy) is 1. The fraction of sp³-hybridized carbons (Fsp3) is 0.154. The minimum Gasteiger partial charge on any atom is -0.497 e. The molecule has 0 aliphatic carbocycles. The van der Waals surface area contributed by atoms with Crippen molar-refractivity contribution < 1.29 is 9.13 Å². The molecule has 0 bridgehead atoms. The van der Waals surface area contributed by atoms with Crippen molar-refractivity contribution in [3.63, 3.8) is 0 Å². The molecule has 0 unspecified atom stereocenters. The van der Waals surface area contributed by atoms with Crippen LogP contribution < -0.4 is 10.1 Å². The summed E-state index contributed by atoms with van der Waals surface area (Å²) in [5.41, 5.74) is 5.32. The molecule has 0 aliphatic heterocycles. The van der Waals surface area contributed by atoms with Crippen molar-refractivity contribution in [1.82, 2.24) is 20.3 Å². The number of pyridine rings is 1. The number of aromatic amines is 1. The molecule has 6 heteroatoms. The van der Waals surface area contributed by atoms with Gasteiger partial charge in [0.15, 0.2) is 0 Å². The van der Waals surface area contributed by atoms with E-state index in [0.717, 1.165) is 44.8 Å². The highest BCUT2D eigenvalue weighted by Crippen LogP contribution is 2.29. The number of nitrogens with zero attached hydrogens (tertiary/aromatic N) is 2. The zero-order chi connectivity index (χ0) is 22.1. The average Bonchev–Trinajstić information content (AvgIpc) is 3.26. The lowest BCUT2D eigenvalue weighted by molar-refractivity contribution is 0.415. The molecule has 5 nitrogen and oxygen atoms in total. The first-order chi connectivity index (χ1) is 15.6. The monoisotopic (exact) mass is 426 g/mol. The summed E-state index contributed by atoms with van der Waals surface area (Å²) in [6, 6.07) is 22.5. The molecule has 3 aromatic carbocycles. The first-order valence-electron chi connectivity index (χ1n) is 10.5. The van der Waals surface area contributed by atoms with Crippen LogP contribution in [-0.2, 0) is 6.54 Å². The number of hydrogen-bond acceptors (Lipinski definition) is 4. The number of para-hydroxylation sites is 2. The van der Waals surface area contributed by atoms with Crippen LogP contribution in [0.5, 0.6) is 5.75 Å². The zero-order valence-electron chi connectivity index (χ0n) is 17.9. The van der Waals surface area contributed by atoms with Gasteiger partial charge < -0.3 is 15.0 Å². The molecule has 2 aromatic heterocycles. The van der Waals surface area contributed by atoms with E-state index < -0.39 is 0 Å². The Bertz CT molecular complexity index is 1380. The van der Waals surface area contributed by atoms with Gasteiger partial charge in [-0.2, -0.15) is 0 Å². The van der Waals surface area contributed by atoms with Crippen molar-refractivity contribution in [1.29, 1.82) is 0 Å². The smallest absolute Gasteiger partial charge is 0.125 e. The lowest BCUT2D eigenvalue weighted by Gasteiger charge is -2.15. The Morgan fingerprint density at radius 2 is 1.84 bits per heavy atom. The molecule has 1 atom stereocenters. The van der Waals surface area contributed by atoms with Gasteiger partial charge in [-0.25, -0.2) is 14.4 Å². The largest absolute Gasteiger partial charge is 0.497 e. The molecule has 0 saturated heterocycles. The van der Waals surface area contributed by atoms with Crippen molar-refractivity contribution in [2.24, 2.45) is 0 Å². The highest BCUT2D eigenvalue weighted by molar-refractivity contribution is 5.83. The van der Waals surface area contributed by atoms with E-state index in [1.165, 1.54) is 12.1 Å². The second-order valence-corrected chi connectivity index (χ2v) is 7.81. The summed E-state index contributed by atoms with van der Waals surface area (Å²) in [5.74, 6) is 1.33. The van der Waals surface area contributed by atoms with Crippen LogP contribution in [0, 0.1) is 5.82 Å². The van der Waals surface area contributed by atoms with E-state index >= 15 is 0 Å². The Labute approximate surface area is 185 Å². The fourth-order valence-electron chi connectivity index (χ4n) is 3.88. The van der Waals surface area contributed by atoms with E-state index in [1.807, 2.05) is 48.5 Å². The number of H-pyrrole nitrogens is 1. The number of halogens is 1. The van der Waals surface area contributed by atoms with Crippen molar-refractivity contribution >= 4 is 21.9 Å². The molecule has 0 fully saturated rings. The van der Waals surface area contributed by atoms with Gasteiger partial charge >= 0.3 is 0 Å². The van der Waals surface area contributed by atoms with E-state index in [9.17, 15) is 4.39 Å². The summed E-state index contributed by atoms with van der Waals surface area (Å²) in [7, 11) is 1.64. The van der Waals surface area contributed by atoms with Crippen LogP contribution >= 0.6 is 0 Å². The maximum atomic E-state index is 13.8. The summed E-state index contributed by atoms with van der Waals surface area (Å²) in [5, 5.41) is 4.45. The van der Waals surface area contributed by atoms with Crippen molar-refractivity contribution in [3.8, 4) is 17.0 Å². The van der Waals surface area contributed by atoms with E-state index in [1.54, 1.807) is 13.2 Å². The summed E-state index contributed by atoms with van der Waals surface area (Å²) >= 11 is 0. The van der Waals surface area contributed by atoms with Crippen LogP contribution in [0.4, 0.5) is 4.39 Å². The van der Waals surface area contributed by atoms with Gasteiger partial charge in [-0.3, -0.25) is 0 Å². The number of nitrogens with one attached hydrogen (secondary N) is 2. The standard InChI is InChI=1S/C26H23FN4O/c1-16(26-30-22-8-3-4-9-23(22)31-26)28-15-19-12-17-10-11-20(27)14-24(17)29-25(19)18-6-5-7-21(13-18)32-2/h3-14,16,28H,15H2,1-2H3,(H,30,31)/t16-/m0/s1.